The number of ether oxygens (including phenoxy) is 1. The van der Waals surface area contributed by atoms with Crippen molar-refractivity contribution in [3.05, 3.63) is 47.0 Å². The maximum atomic E-state index is 12.1. The zero-order valence-electron chi connectivity index (χ0n) is 9.88. The first-order valence-electron chi connectivity index (χ1n) is 5.74. The first-order valence-corrected chi connectivity index (χ1v) is 8.25. The molecule has 1 saturated heterocycles. The quantitative estimate of drug-likeness (QED) is 0.797. The number of hydrogen-bond donors (Lipinski definition) is 0. The second kappa shape index (κ2) is 5.55. The third-order valence-electron chi connectivity index (χ3n) is 3.04. The summed E-state index contributed by atoms with van der Waals surface area (Å²) in [5, 5.41) is 0. The Hall–Kier alpha value is -0.650. The van der Waals surface area contributed by atoms with Gasteiger partial charge in [0.05, 0.1) is 5.75 Å². The van der Waals surface area contributed by atoms with Gasteiger partial charge in [0.1, 0.15) is 0 Å². The van der Waals surface area contributed by atoms with Gasteiger partial charge in [0.25, 0.3) is 0 Å². The van der Waals surface area contributed by atoms with Crippen molar-refractivity contribution in [3.8, 4) is 0 Å². The fourth-order valence-electron chi connectivity index (χ4n) is 2.21. The van der Waals surface area contributed by atoms with Crippen molar-refractivity contribution in [2.24, 2.45) is 0 Å². The first-order chi connectivity index (χ1) is 8.54. The van der Waals surface area contributed by atoms with Crippen LogP contribution in [0.2, 0.25) is 0 Å². The Morgan fingerprint density at radius 2 is 2.06 bits per heavy atom. The summed E-state index contributed by atoms with van der Waals surface area (Å²) in [6.45, 7) is 3.97. The number of rotatable bonds is 4. The normalized spacial score (nSPS) is 24.1. The van der Waals surface area contributed by atoms with E-state index in [1.165, 1.54) is 6.08 Å². The molecule has 0 bridgehead atoms. The average Bonchev–Trinajstić information content (AvgIpc) is 2.79. The molecule has 1 unspecified atom stereocenters. The summed E-state index contributed by atoms with van der Waals surface area (Å²) < 4.78 is 30.6. The van der Waals surface area contributed by atoms with Crippen LogP contribution in [0.5, 0.6) is 0 Å². The van der Waals surface area contributed by atoms with Gasteiger partial charge in [-0.25, -0.2) is 8.42 Å². The van der Waals surface area contributed by atoms with Crippen molar-refractivity contribution in [2.45, 2.75) is 17.8 Å². The van der Waals surface area contributed by atoms with Crippen molar-refractivity contribution in [3.63, 3.8) is 0 Å². The van der Waals surface area contributed by atoms with Crippen molar-refractivity contribution in [1.29, 1.82) is 0 Å². The van der Waals surface area contributed by atoms with Gasteiger partial charge in [-0.2, -0.15) is 0 Å². The molecule has 1 aromatic carbocycles. The summed E-state index contributed by atoms with van der Waals surface area (Å²) in [7, 11) is -3.27. The van der Waals surface area contributed by atoms with Crippen LogP contribution in [0.1, 0.15) is 17.9 Å². The minimum Gasteiger partial charge on any atom is -0.362 e. The molecule has 98 valence electrons. The van der Waals surface area contributed by atoms with Gasteiger partial charge in [0, 0.05) is 17.0 Å². The molecule has 1 fully saturated rings. The predicted molar refractivity (Wildman–Crippen MR) is 75.2 cm³/mol. The van der Waals surface area contributed by atoms with Gasteiger partial charge in [-0.05, 0) is 24.1 Å². The molecule has 18 heavy (non-hydrogen) atoms. The van der Waals surface area contributed by atoms with Crippen LogP contribution in [0.4, 0.5) is 0 Å². The Labute approximate surface area is 116 Å². The smallest absolute Gasteiger partial charge is 0.181 e. The Morgan fingerprint density at radius 1 is 1.39 bits per heavy atom. The van der Waals surface area contributed by atoms with Crippen LogP contribution in [0.25, 0.3) is 0 Å². The molecule has 3 nitrogen and oxygen atoms in total. The van der Waals surface area contributed by atoms with E-state index in [0.29, 0.717) is 6.61 Å². The standard InChI is InChI=1S/C13H15BrO3S/c1-2-9-18(15,16)13-12(7-8-17-13)10-3-5-11(14)6-4-10/h2-6,12-13H,1,7-9H2/t12-,13?/m1/s1. The summed E-state index contributed by atoms with van der Waals surface area (Å²) in [5.74, 6) is -0.118. The summed E-state index contributed by atoms with van der Waals surface area (Å²) in [4.78, 5) is 0. The van der Waals surface area contributed by atoms with Gasteiger partial charge in [-0.15, -0.1) is 6.58 Å². The van der Waals surface area contributed by atoms with Crippen molar-refractivity contribution in [2.75, 3.05) is 12.4 Å². The minimum absolute atomic E-state index is 0.0370. The lowest BCUT2D eigenvalue weighted by Gasteiger charge is -2.18. The molecule has 2 atom stereocenters. The lowest BCUT2D eigenvalue weighted by Crippen LogP contribution is -2.27. The van der Waals surface area contributed by atoms with Gasteiger partial charge >= 0.3 is 0 Å². The monoisotopic (exact) mass is 330 g/mol. The highest BCUT2D eigenvalue weighted by molar-refractivity contribution is 9.10. The van der Waals surface area contributed by atoms with Crippen LogP contribution in [0.3, 0.4) is 0 Å². The SMILES string of the molecule is C=CCS(=O)(=O)C1OCC[C@@H]1c1ccc(Br)cc1. The third-order valence-corrected chi connectivity index (χ3v) is 5.44. The maximum Gasteiger partial charge on any atom is 0.181 e. The van der Waals surface area contributed by atoms with Crippen molar-refractivity contribution >= 4 is 25.8 Å². The fourth-order valence-corrected chi connectivity index (χ4v) is 4.09. The van der Waals surface area contributed by atoms with E-state index in [0.717, 1.165) is 16.5 Å². The molecule has 5 heteroatoms. The average molecular weight is 331 g/mol. The van der Waals surface area contributed by atoms with E-state index in [4.69, 9.17) is 4.74 Å². The van der Waals surface area contributed by atoms with Crippen LogP contribution in [0, 0.1) is 0 Å². The van der Waals surface area contributed by atoms with E-state index in [1.807, 2.05) is 24.3 Å². The van der Waals surface area contributed by atoms with Crippen molar-refractivity contribution in [1.82, 2.24) is 0 Å². The summed E-state index contributed by atoms with van der Waals surface area (Å²) >= 11 is 3.37. The number of benzene rings is 1. The van der Waals surface area contributed by atoms with Gasteiger partial charge in [-0.1, -0.05) is 34.1 Å². The second-order valence-electron chi connectivity index (χ2n) is 4.30. The zero-order chi connectivity index (χ0) is 13.2. The molecule has 0 saturated carbocycles. The molecule has 0 aromatic heterocycles. The molecule has 1 aliphatic rings. The Balaban J connectivity index is 2.27. The van der Waals surface area contributed by atoms with Gasteiger partial charge in [0.15, 0.2) is 15.3 Å². The van der Waals surface area contributed by atoms with Crippen LogP contribution in [-0.4, -0.2) is 26.2 Å². The summed E-state index contributed by atoms with van der Waals surface area (Å²) in [6.07, 6.45) is 2.15. The van der Waals surface area contributed by atoms with E-state index >= 15 is 0 Å². The molecule has 0 N–H and O–H groups in total. The lowest BCUT2D eigenvalue weighted by molar-refractivity contribution is 0.160. The molecule has 1 aliphatic heterocycles. The van der Waals surface area contributed by atoms with E-state index in [9.17, 15) is 8.42 Å². The van der Waals surface area contributed by atoms with Crippen LogP contribution < -0.4 is 0 Å². The largest absolute Gasteiger partial charge is 0.362 e. The van der Waals surface area contributed by atoms with E-state index < -0.39 is 15.3 Å². The number of sulfone groups is 1. The Bertz CT molecular complexity index is 522. The third kappa shape index (κ3) is 2.84. The highest BCUT2D eigenvalue weighted by atomic mass is 79.9. The Morgan fingerprint density at radius 3 is 2.67 bits per heavy atom. The van der Waals surface area contributed by atoms with Crippen LogP contribution in [-0.2, 0) is 14.6 Å². The van der Waals surface area contributed by atoms with E-state index in [-0.39, 0.29) is 11.7 Å². The molecule has 0 aliphatic carbocycles. The highest BCUT2D eigenvalue weighted by Crippen LogP contribution is 2.35. The maximum absolute atomic E-state index is 12.1. The van der Waals surface area contributed by atoms with Gasteiger partial charge in [0.2, 0.25) is 0 Å². The first kappa shape index (κ1) is 13.8. The molecular weight excluding hydrogens is 316 g/mol. The number of halogens is 1. The zero-order valence-corrected chi connectivity index (χ0v) is 12.3. The summed E-state index contributed by atoms with van der Waals surface area (Å²) in [5.41, 5.74) is 0.269. The van der Waals surface area contributed by atoms with E-state index in [2.05, 4.69) is 22.5 Å². The number of hydrogen-bond acceptors (Lipinski definition) is 3. The Kier molecular flexibility index (Phi) is 4.25. The topological polar surface area (TPSA) is 43.4 Å². The highest BCUT2D eigenvalue weighted by Gasteiger charge is 2.38. The molecule has 1 aromatic rings. The molecule has 2 rings (SSSR count). The lowest BCUT2D eigenvalue weighted by atomic mass is 9.99. The molecule has 0 spiro atoms. The molecule has 0 amide bonds. The van der Waals surface area contributed by atoms with Crippen LogP contribution in [0.15, 0.2) is 41.4 Å². The van der Waals surface area contributed by atoms with Crippen molar-refractivity contribution < 1.29 is 13.2 Å². The summed E-state index contributed by atoms with van der Waals surface area (Å²) in [6, 6.07) is 7.73. The van der Waals surface area contributed by atoms with Gasteiger partial charge in [-0.3, -0.25) is 0 Å². The predicted octanol–water partition coefficient (Wildman–Crippen LogP) is 2.88. The minimum atomic E-state index is -3.27. The van der Waals surface area contributed by atoms with Crippen LogP contribution >= 0.6 is 15.9 Å². The molecule has 0 radical (unpaired) electrons. The van der Waals surface area contributed by atoms with Gasteiger partial charge < -0.3 is 4.74 Å². The van der Waals surface area contributed by atoms with E-state index in [1.54, 1.807) is 0 Å². The second-order valence-corrected chi connectivity index (χ2v) is 7.34. The fraction of sp³-hybridized carbons (Fsp3) is 0.385. The molecular formula is C13H15BrO3S. The molecule has 1 heterocycles.